The van der Waals surface area contributed by atoms with E-state index < -0.39 is 6.10 Å². The number of nitrogens with zero attached hydrogens (tertiary/aromatic N) is 1. The highest BCUT2D eigenvalue weighted by atomic mass is 79.9. The lowest BCUT2D eigenvalue weighted by atomic mass is 10.1. The third kappa shape index (κ3) is 3.71. The molecule has 0 aromatic heterocycles. The molecule has 0 spiro atoms. The summed E-state index contributed by atoms with van der Waals surface area (Å²) in [5.74, 6) is 0.412. The number of rotatable bonds is 4. The van der Waals surface area contributed by atoms with Crippen molar-refractivity contribution in [1.29, 1.82) is 0 Å². The minimum absolute atomic E-state index is 0.0602. The number of ether oxygens (including phenoxy) is 1. The summed E-state index contributed by atoms with van der Waals surface area (Å²) in [5, 5.41) is 0. The largest absolute Gasteiger partial charge is 0.367 e. The van der Waals surface area contributed by atoms with Gasteiger partial charge in [-0.3, -0.25) is 9.59 Å². The number of benzene rings is 1. The number of halogens is 1. The van der Waals surface area contributed by atoms with Crippen LogP contribution >= 0.6 is 15.9 Å². The van der Waals surface area contributed by atoms with Crippen LogP contribution in [0.1, 0.15) is 18.4 Å². The summed E-state index contributed by atoms with van der Waals surface area (Å²) >= 11 is 3.41. The predicted octanol–water partition coefficient (Wildman–Crippen LogP) is 2.20. The van der Waals surface area contributed by atoms with Crippen LogP contribution in [0, 0.1) is 5.92 Å². The van der Waals surface area contributed by atoms with Crippen LogP contribution in [-0.2, 0) is 20.7 Å². The molecule has 1 saturated carbocycles. The fourth-order valence-corrected chi connectivity index (χ4v) is 3.06. The minimum Gasteiger partial charge on any atom is -0.367 e. The Labute approximate surface area is 132 Å². The van der Waals surface area contributed by atoms with Crippen molar-refractivity contribution in [3.05, 3.63) is 34.3 Å². The van der Waals surface area contributed by atoms with Crippen LogP contribution in [-0.4, -0.2) is 42.4 Å². The quantitative estimate of drug-likeness (QED) is 0.835. The maximum atomic E-state index is 12.4. The average Bonchev–Trinajstić information content (AvgIpc) is 3.31. The van der Waals surface area contributed by atoms with Gasteiger partial charge in [0.05, 0.1) is 19.6 Å². The molecule has 1 amide bonds. The van der Waals surface area contributed by atoms with Crippen molar-refractivity contribution in [2.24, 2.45) is 5.92 Å². The fraction of sp³-hybridized carbons (Fsp3) is 0.500. The van der Waals surface area contributed by atoms with Crippen molar-refractivity contribution in [2.75, 3.05) is 19.7 Å². The minimum atomic E-state index is -0.419. The number of amides is 1. The average molecular weight is 352 g/mol. The molecule has 2 aliphatic rings. The van der Waals surface area contributed by atoms with Crippen molar-refractivity contribution in [3.8, 4) is 0 Å². The molecule has 0 bridgehead atoms. The Morgan fingerprint density at radius 3 is 2.86 bits per heavy atom. The zero-order valence-electron chi connectivity index (χ0n) is 11.8. The van der Waals surface area contributed by atoms with E-state index in [0.29, 0.717) is 26.1 Å². The predicted molar refractivity (Wildman–Crippen MR) is 81.9 cm³/mol. The molecule has 1 heterocycles. The number of Topliss-reactive ketones (excluding diaryl/α,β-unsaturated/α-hetero) is 1. The van der Waals surface area contributed by atoms with Crippen LogP contribution in [0.15, 0.2) is 28.7 Å². The second-order valence-corrected chi connectivity index (χ2v) is 6.60. The van der Waals surface area contributed by atoms with Gasteiger partial charge in [0.2, 0.25) is 5.91 Å². The van der Waals surface area contributed by atoms with Gasteiger partial charge in [-0.2, -0.15) is 0 Å². The van der Waals surface area contributed by atoms with Gasteiger partial charge in [-0.05, 0) is 30.5 Å². The van der Waals surface area contributed by atoms with E-state index in [1.165, 1.54) is 0 Å². The molecule has 2 fully saturated rings. The molecule has 3 rings (SSSR count). The zero-order chi connectivity index (χ0) is 14.8. The summed E-state index contributed by atoms with van der Waals surface area (Å²) in [7, 11) is 0. The first-order chi connectivity index (χ1) is 10.1. The van der Waals surface area contributed by atoms with Gasteiger partial charge in [-0.1, -0.05) is 28.1 Å². The Kier molecular flexibility index (Phi) is 4.40. The number of ketones is 1. The van der Waals surface area contributed by atoms with Crippen LogP contribution in [0.25, 0.3) is 0 Å². The van der Waals surface area contributed by atoms with Crippen LogP contribution in [0.5, 0.6) is 0 Å². The first-order valence-corrected chi connectivity index (χ1v) is 8.10. The van der Waals surface area contributed by atoms with Gasteiger partial charge in [0.1, 0.15) is 6.10 Å². The van der Waals surface area contributed by atoms with Crippen molar-refractivity contribution in [1.82, 2.24) is 4.90 Å². The van der Waals surface area contributed by atoms with Crippen LogP contribution < -0.4 is 0 Å². The number of carbonyl (C=O) groups is 2. The van der Waals surface area contributed by atoms with E-state index in [9.17, 15) is 9.59 Å². The van der Waals surface area contributed by atoms with Gasteiger partial charge in [0, 0.05) is 16.9 Å². The Balaban J connectivity index is 1.60. The monoisotopic (exact) mass is 351 g/mol. The SMILES string of the molecule is O=C(C1CC1)[C@@H]1CN(C(=O)Cc2cccc(Br)c2)CCO1. The number of hydrogen-bond acceptors (Lipinski definition) is 3. The summed E-state index contributed by atoms with van der Waals surface area (Å²) in [5.41, 5.74) is 0.978. The second kappa shape index (κ2) is 6.28. The molecule has 4 nitrogen and oxygen atoms in total. The molecular formula is C16H18BrNO3. The molecule has 1 atom stereocenters. The van der Waals surface area contributed by atoms with E-state index >= 15 is 0 Å². The van der Waals surface area contributed by atoms with Gasteiger partial charge in [-0.25, -0.2) is 0 Å². The van der Waals surface area contributed by atoms with Crippen molar-refractivity contribution >= 4 is 27.6 Å². The summed E-state index contributed by atoms with van der Waals surface area (Å²) in [4.78, 5) is 26.2. The highest BCUT2D eigenvalue weighted by molar-refractivity contribution is 9.10. The molecule has 1 aromatic rings. The molecule has 1 aliphatic heterocycles. The summed E-state index contributed by atoms with van der Waals surface area (Å²) in [6, 6.07) is 7.75. The van der Waals surface area contributed by atoms with E-state index in [1.807, 2.05) is 24.3 Å². The topological polar surface area (TPSA) is 46.6 Å². The maximum Gasteiger partial charge on any atom is 0.227 e. The van der Waals surface area contributed by atoms with Gasteiger partial charge >= 0.3 is 0 Å². The lowest BCUT2D eigenvalue weighted by Gasteiger charge is -2.32. The molecule has 0 unspecified atom stereocenters. The Morgan fingerprint density at radius 2 is 2.14 bits per heavy atom. The van der Waals surface area contributed by atoms with E-state index in [-0.39, 0.29) is 17.6 Å². The third-order valence-electron chi connectivity index (χ3n) is 3.96. The summed E-state index contributed by atoms with van der Waals surface area (Å²) in [6.07, 6.45) is 1.90. The van der Waals surface area contributed by atoms with Gasteiger partial charge in [-0.15, -0.1) is 0 Å². The molecule has 1 saturated heterocycles. The maximum absolute atomic E-state index is 12.4. The molecule has 0 N–H and O–H groups in total. The molecular weight excluding hydrogens is 334 g/mol. The highest BCUT2D eigenvalue weighted by Gasteiger charge is 2.38. The van der Waals surface area contributed by atoms with Crippen molar-refractivity contribution in [2.45, 2.75) is 25.4 Å². The molecule has 21 heavy (non-hydrogen) atoms. The second-order valence-electron chi connectivity index (χ2n) is 5.68. The van der Waals surface area contributed by atoms with E-state index in [0.717, 1.165) is 22.9 Å². The van der Waals surface area contributed by atoms with Gasteiger partial charge in [0.25, 0.3) is 0 Å². The normalized spacial score (nSPS) is 22.1. The van der Waals surface area contributed by atoms with Crippen LogP contribution in [0.4, 0.5) is 0 Å². The number of hydrogen-bond donors (Lipinski definition) is 0. The lowest BCUT2D eigenvalue weighted by Crippen LogP contribution is -2.49. The molecule has 1 aromatic carbocycles. The Morgan fingerprint density at radius 1 is 1.33 bits per heavy atom. The molecule has 0 radical (unpaired) electrons. The molecule has 112 valence electrons. The zero-order valence-corrected chi connectivity index (χ0v) is 13.3. The van der Waals surface area contributed by atoms with Crippen LogP contribution in [0.3, 0.4) is 0 Å². The Hall–Kier alpha value is -1.20. The van der Waals surface area contributed by atoms with Crippen molar-refractivity contribution < 1.29 is 14.3 Å². The number of morpholine rings is 1. The Bertz CT molecular complexity index is 556. The van der Waals surface area contributed by atoms with Crippen LogP contribution in [0.2, 0.25) is 0 Å². The molecule has 1 aliphatic carbocycles. The fourth-order valence-electron chi connectivity index (χ4n) is 2.61. The summed E-state index contributed by atoms with van der Waals surface area (Å²) in [6.45, 7) is 1.43. The van der Waals surface area contributed by atoms with Crippen molar-refractivity contribution in [3.63, 3.8) is 0 Å². The number of carbonyl (C=O) groups excluding carboxylic acids is 2. The first-order valence-electron chi connectivity index (χ1n) is 7.31. The highest BCUT2D eigenvalue weighted by Crippen LogP contribution is 2.32. The van der Waals surface area contributed by atoms with Gasteiger partial charge < -0.3 is 9.64 Å². The van der Waals surface area contributed by atoms with E-state index in [4.69, 9.17) is 4.74 Å². The standard InChI is InChI=1S/C16H18BrNO3/c17-13-3-1-2-11(8-13)9-15(19)18-6-7-21-14(10-18)16(20)12-4-5-12/h1-3,8,12,14H,4-7,9-10H2/t14-/m0/s1. The first kappa shape index (κ1) is 14.7. The molecule has 5 heteroatoms. The van der Waals surface area contributed by atoms with E-state index in [2.05, 4.69) is 15.9 Å². The summed E-state index contributed by atoms with van der Waals surface area (Å²) < 4.78 is 6.51. The van der Waals surface area contributed by atoms with E-state index in [1.54, 1.807) is 4.90 Å². The lowest BCUT2D eigenvalue weighted by molar-refractivity contribution is -0.146. The van der Waals surface area contributed by atoms with Gasteiger partial charge in [0.15, 0.2) is 5.78 Å². The smallest absolute Gasteiger partial charge is 0.227 e. The third-order valence-corrected chi connectivity index (χ3v) is 4.45.